The molecule has 3 N–H and O–H groups in total. The number of hydrogen-bond donors (Lipinski definition) is 2. The molecule has 1 heterocycles. The Morgan fingerprint density at radius 2 is 2.20 bits per heavy atom. The Labute approximate surface area is 120 Å². The molecule has 1 aliphatic rings. The van der Waals surface area contributed by atoms with Crippen molar-refractivity contribution in [3.8, 4) is 0 Å². The lowest BCUT2D eigenvalue weighted by Gasteiger charge is -2.31. The number of aliphatic hydroxyl groups excluding tert-OH is 1. The molecule has 4 nitrogen and oxygen atoms in total. The number of rotatable bonds is 4. The van der Waals surface area contributed by atoms with Gasteiger partial charge in [-0.15, -0.1) is 0 Å². The van der Waals surface area contributed by atoms with E-state index in [0.717, 1.165) is 12.2 Å². The van der Waals surface area contributed by atoms with E-state index in [1.807, 2.05) is 20.2 Å². The monoisotopic (exact) mass is 281 g/mol. The minimum Gasteiger partial charge on any atom is -0.391 e. The third kappa shape index (κ3) is 3.11. The number of nitrogens with two attached hydrogens (primary N) is 1. The van der Waals surface area contributed by atoms with Gasteiger partial charge in [0.1, 0.15) is 5.82 Å². The summed E-state index contributed by atoms with van der Waals surface area (Å²) in [7, 11) is 4.00. The van der Waals surface area contributed by atoms with Crippen LogP contribution in [0, 0.1) is 5.82 Å². The lowest BCUT2D eigenvalue weighted by Crippen LogP contribution is -2.38. The quantitative estimate of drug-likeness (QED) is 0.874. The highest BCUT2D eigenvalue weighted by Crippen LogP contribution is 2.33. The summed E-state index contributed by atoms with van der Waals surface area (Å²) >= 11 is 0. The molecule has 3 unspecified atom stereocenters. The van der Waals surface area contributed by atoms with Crippen molar-refractivity contribution in [2.24, 2.45) is 5.73 Å². The maximum absolute atomic E-state index is 14.1. The SMILES string of the molecule is CC(N)c1c(F)cccc1N1CC(O)CC1CN(C)C. The first-order chi connectivity index (χ1) is 9.40. The lowest BCUT2D eigenvalue weighted by atomic mass is 10.0. The van der Waals surface area contributed by atoms with Gasteiger partial charge < -0.3 is 20.6 Å². The minimum atomic E-state index is -0.371. The molecule has 0 spiro atoms. The fourth-order valence-electron chi connectivity index (χ4n) is 3.01. The highest BCUT2D eigenvalue weighted by atomic mass is 19.1. The zero-order valence-electron chi connectivity index (χ0n) is 12.4. The summed E-state index contributed by atoms with van der Waals surface area (Å²) in [5.41, 5.74) is 7.27. The lowest BCUT2D eigenvalue weighted by molar-refractivity contribution is 0.191. The summed E-state index contributed by atoms with van der Waals surface area (Å²) in [6, 6.07) is 4.84. The Morgan fingerprint density at radius 1 is 1.50 bits per heavy atom. The van der Waals surface area contributed by atoms with Gasteiger partial charge in [-0.2, -0.15) is 0 Å². The summed E-state index contributed by atoms with van der Waals surface area (Å²) in [4.78, 5) is 4.17. The van der Waals surface area contributed by atoms with Crippen LogP contribution < -0.4 is 10.6 Å². The molecule has 1 aromatic carbocycles. The number of β-amino-alcohol motifs (C(OH)–C–C–N with tert-alkyl or cyclic N) is 1. The van der Waals surface area contributed by atoms with Crippen LogP contribution in [0.1, 0.15) is 24.9 Å². The normalized spacial score (nSPS) is 24.4. The van der Waals surface area contributed by atoms with Crippen molar-refractivity contribution >= 4 is 5.69 Å². The van der Waals surface area contributed by atoms with Gasteiger partial charge in [-0.25, -0.2) is 4.39 Å². The van der Waals surface area contributed by atoms with Crippen molar-refractivity contribution in [2.75, 3.05) is 32.1 Å². The molecule has 0 aromatic heterocycles. The van der Waals surface area contributed by atoms with Crippen molar-refractivity contribution in [3.63, 3.8) is 0 Å². The van der Waals surface area contributed by atoms with Crippen LogP contribution in [0.25, 0.3) is 0 Å². The first kappa shape index (κ1) is 15.2. The van der Waals surface area contributed by atoms with E-state index in [1.54, 1.807) is 13.0 Å². The molecule has 0 amide bonds. The third-order valence-corrected chi connectivity index (χ3v) is 3.76. The summed E-state index contributed by atoms with van der Waals surface area (Å²) in [5.74, 6) is -0.275. The molecule has 5 heteroatoms. The predicted molar refractivity (Wildman–Crippen MR) is 79.3 cm³/mol. The van der Waals surface area contributed by atoms with E-state index in [9.17, 15) is 9.50 Å². The van der Waals surface area contributed by atoms with Crippen LogP contribution in [-0.2, 0) is 0 Å². The van der Waals surface area contributed by atoms with Crippen molar-refractivity contribution < 1.29 is 9.50 Å². The van der Waals surface area contributed by atoms with Crippen LogP contribution in [-0.4, -0.2) is 49.3 Å². The fourth-order valence-corrected chi connectivity index (χ4v) is 3.01. The van der Waals surface area contributed by atoms with Crippen molar-refractivity contribution in [2.45, 2.75) is 31.5 Å². The summed E-state index contributed by atoms with van der Waals surface area (Å²) in [5, 5.41) is 9.96. The molecule has 0 bridgehead atoms. The molecule has 1 saturated heterocycles. The molecule has 2 rings (SSSR count). The van der Waals surface area contributed by atoms with Gasteiger partial charge in [-0.05, 0) is 39.6 Å². The van der Waals surface area contributed by atoms with Crippen LogP contribution >= 0.6 is 0 Å². The minimum absolute atomic E-state index is 0.180. The first-order valence-electron chi connectivity index (χ1n) is 7.03. The van der Waals surface area contributed by atoms with Gasteiger partial charge in [-0.1, -0.05) is 6.07 Å². The Morgan fingerprint density at radius 3 is 2.80 bits per heavy atom. The second-order valence-electron chi connectivity index (χ2n) is 5.92. The highest BCUT2D eigenvalue weighted by molar-refractivity contribution is 5.57. The number of halogens is 1. The van der Waals surface area contributed by atoms with Crippen molar-refractivity contribution in [1.29, 1.82) is 0 Å². The van der Waals surface area contributed by atoms with Gasteiger partial charge >= 0.3 is 0 Å². The van der Waals surface area contributed by atoms with E-state index in [1.165, 1.54) is 6.07 Å². The number of anilines is 1. The number of benzene rings is 1. The first-order valence-corrected chi connectivity index (χ1v) is 7.03. The third-order valence-electron chi connectivity index (χ3n) is 3.76. The molecule has 20 heavy (non-hydrogen) atoms. The molecule has 1 aliphatic heterocycles. The molecule has 0 aliphatic carbocycles. The second-order valence-corrected chi connectivity index (χ2v) is 5.92. The number of hydrogen-bond acceptors (Lipinski definition) is 4. The van der Waals surface area contributed by atoms with E-state index in [0.29, 0.717) is 18.5 Å². The van der Waals surface area contributed by atoms with E-state index in [-0.39, 0.29) is 24.0 Å². The van der Waals surface area contributed by atoms with Crippen LogP contribution in [0.4, 0.5) is 10.1 Å². The van der Waals surface area contributed by atoms with Gasteiger partial charge in [0.05, 0.1) is 6.10 Å². The fraction of sp³-hybridized carbons (Fsp3) is 0.600. The molecule has 0 saturated carbocycles. The summed E-state index contributed by atoms with van der Waals surface area (Å²) in [6.07, 6.45) is 0.330. The smallest absolute Gasteiger partial charge is 0.130 e. The number of likely N-dealkylation sites (N-methyl/N-ethyl adjacent to an activating group) is 1. The molecule has 112 valence electrons. The number of nitrogens with zero attached hydrogens (tertiary/aromatic N) is 2. The molecular weight excluding hydrogens is 257 g/mol. The van der Waals surface area contributed by atoms with Crippen LogP contribution in [0.5, 0.6) is 0 Å². The van der Waals surface area contributed by atoms with Gasteiger partial charge in [0.2, 0.25) is 0 Å². The molecule has 1 fully saturated rings. The van der Waals surface area contributed by atoms with Crippen LogP contribution in [0.15, 0.2) is 18.2 Å². The Kier molecular flexibility index (Phi) is 4.62. The molecular formula is C15H24FN3O. The maximum Gasteiger partial charge on any atom is 0.130 e. The highest BCUT2D eigenvalue weighted by Gasteiger charge is 2.33. The van der Waals surface area contributed by atoms with Gasteiger partial charge in [0.15, 0.2) is 0 Å². The zero-order chi connectivity index (χ0) is 14.9. The van der Waals surface area contributed by atoms with E-state index in [2.05, 4.69) is 9.80 Å². The number of aliphatic hydroxyl groups is 1. The van der Waals surface area contributed by atoms with Crippen LogP contribution in [0.3, 0.4) is 0 Å². The Hall–Kier alpha value is -1.17. The van der Waals surface area contributed by atoms with Crippen molar-refractivity contribution in [1.82, 2.24) is 4.90 Å². The van der Waals surface area contributed by atoms with Crippen molar-refractivity contribution in [3.05, 3.63) is 29.6 Å². The zero-order valence-corrected chi connectivity index (χ0v) is 12.4. The largest absolute Gasteiger partial charge is 0.391 e. The van der Waals surface area contributed by atoms with E-state index in [4.69, 9.17) is 5.73 Å². The summed E-state index contributed by atoms with van der Waals surface area (Å²) in [6.45, 7) is 3.14. The van der Waals surface area contributed by atoms with E-state index >= 15 is 0 Å². The standard InChI is InChI=1S/C15H24FN3O/c1-10(17)15-13(16)5-4-6-14(15)19-9-12(20)7-11(19)8-18(2)3/h4-6,10-12,20H,7-9,17H2,1-3H3. The topological polar surface area (TPSA) is 52.7 Å². The molecule has 3 atom stereocenters. The van der Waals surface area contributed by atoms with Crippen LogP contribution in [0.2, 0.25) is 0 Å². The molecule has 0 radical (unpaired) electrons. The average molecular weight is 281 g/mol. The maximum atomic E-state index is 14.1. The Balaban J connectivity index is 2.36. The second kappa shape index (κ2) is 6.08. The summed E-state index contributed by atoms with van der Waals surface area (Å²) < 4.78 is 14.1. The van der Waals surface area contributed by atoms with E-state index < -0.39 is 0 Å². The average Bonchev–Trinajstić information content (AvgIpc) is 2.68. The van der Waals surface area contributed by atoms with Gasteiger partial charge in [0, 0.05) is 36.4 Å². The predicted octanol–water partition coefficient (Wildman–Crippen LogP) is 1.35. The Bertz CT molecular complexity index is 464. The molecule has 1 aromatic rings. The van der Waals surface area contributed by atoms with Gasteiger partial charge in [0.25, 0.3) is 0 Å². The van der Waals surface area contributed by atoms with Gasteiger partial charge in [-0.3, -0.25) is 0 Å².